The van der Waals surface area contributed by atoms with E-state index in [1.807, 2.05) is 0 Å². The lowest BCUT2D eigenvalue weighted by molar-refractivity contribution is 0.613. The van der Waals surface area contributed by atoms with Gasteiger partial charge < -0.3 is 4.99 Å². The molecule has 0 N–H and O–H groups in total. The SMILES string of the molecule is C=NCCCCCCCC. The van der Waals surface area contributed by atoms with Crippen molar-refractivity contribution in [2.75, 3.05) is 6.54 Å². The molecule has 10 heavy (non-hydrogen) atoms. The van der Waals surface area contributed by atoms with Gasteiger partial charge in [0, 0.05) is 6.54 Å². The van der Waals surface area contributed by atoms with E-state index in [1.54, 1.807) is 0 Å². The number of hydrogen-bond donors (Lipinski definition) is 0. The van der Waals surface area contributed by atoms with Crippen molar-refractivity contribution in [3.05, 3.63) is 0 Å². The number of hydrogen-bond acceptors (Lipinski definition) is 1. The summed E-state index contributed by atoms with van der Waals surface area (Å²) in [5.41, 5.74) is 0. The largest absolute Gasteiger partial charge is 0.301 e. The minimum absolute atomic E-state index is 0.951. The molecule has 60 valence electrons. The van der Waals surface area contributed by atoms with Gasteiger partial charge in [0.25, 0.3) is 0 Å². The highest BCUT2D eigenvalue weighted by Gasteiger charge is 1.86. The zero-order valence-corrected chi connectivity index (χ0v) is 7.10. The van der Waals surface area contributed by atoms with Crippen molar-refractivity contribution in [3.63, 3.8) is 0 Å². The summed E-state index contributed by atoms with van der Waals surface area (Å²) in [5.74, 6) is 0. The molecule has 0 amide bonds. The maximum atomic E-state index is 3.80. The van der Waals surface area contributed by atoms with Crippen molar-refractivity contribution in [2.24, 2.45) is 4.99 Å². The fourth-order valence-corrected chi connectivity index (χ4v) is 1.00. The molecule has 0 rings (SSSR count). The van der Waals surface area contributed by atoms with Gasteiger partial charge in [-0.25, -0.2) is 0 Å². The van der Waals surface area contributed by atoms with Gasteiger partial charge in [-0.15, -0.1) is 0 Å². The molecule has 1 heteroatoms. The molecular weight excluding hydrogens is 122 g/mol. The molecule has 0 aromatic carbocycles. The van der Waals surface area contributed by atoms with Crippen molar-refractivity contribution in [3.8, 4) is 0 Å². The van der Waals surface area contributed by atoms with Crippen LogP contribution in [0.1, 0.15) is 45.4 Å². The van der Waals surface area contributed by atoms with E-state index in [1.165, 1.54) is 38.5 Å². The third-order valence-electron chi connectivity index (χ3n) is 1.67. The van der Waals surface area contributed by atoms with Crippen LogP contribution in [0.2, 0.25) is 0 Å². The number of nitrogens with zero attached hydrogens (tertiary/aromatic N) is 1. The lowest BCUT2D eigenvalue weighted by Gasteiger charge is -1.96. The summed E-state index contributed by atoms with van der Waals surface area (Å²) in [6.07, 6.45) is 8.06. The van der Waals surface area contributed by atoms with Crippen LogP contribution in [0, 0.1) is 0 Å². The number of aliphatic imine (C=N–C) groups is 1. The lowest BCUT2D eigenvalue weighted by atomic mass is 10.1. The maximum Gasteiger partial charge on any atom is 0.0382 e. The molecule has 0 unspecified atom stereocenters. The van der Waals surface area contributed by atoms with E-state index in [4.69, 9.17) is 0 Å². The second-order valence-electron chi connectivity index (χ2n) is 2.71. The Hall–Kier alpha value is -0.330. The van der Waals surface area contributed by atoms with Crippen molar-refractivity contribution in [2.45, 2.75) is 45.4 Å². The second kappa shape index (κ2) is 8.67. The smallest absolute Gasteiger partial charge is 0.0382 e. The summed E-state index contributed by atoms with van der Waals surface area (Å²) in [7, 11) is 0. The molecule has 0 fully saturated rings. The van der Waals surface area contributed by atoms with Crippen LogP contribution < -0.4 is 0 Å². The fraction of sp³-hybridized carbons (Fsp3) is 0.889. The summed E-state index contributed by atoms with van der Waals surface area (Å²) in [4.78, 5) is 3.80. The average molecular weight is 141 g/mol. The Bertz CT molecular complexity index is 69.1. The highest BCUT2D eigenvalue weighted by atomic mass is 14.7. The predicted molar refractivity (Wildman–Crippen MR) is 47.8 cm³/mol. The molecule has 0 aliphatic heterocycles. The van der Waals surface area contributed by atoms with E-state index in [0.717, 1.165) is 6.54 Å². The van der Waals surface area contributed by atoms with Gasteiger partial charge >= 0.3 is 0 Å². The van der Waals surface area contributed by atoms with Crippen LogP contribution in [0.25, 0.3) is 0 Å². The van der Waals surface area contributed by atoms with E-state index < -0.39 is 0 Å². The van der Waals surface area contributed by atoms with Gasteiger partial charge in [-0.2, -0.15) is 0 Å². The highest BCUT2D eigenvalue weighted by molar-refractivity contribution is 5.22. The molecule has 0 bridgehead atoms. The molecular formula is C9H19N. The van der Waals surface area contributed by atoms with Crippen LogP contribution in [0.4, 0.5) is 0 Å². The quantitative estimate of drug-likeness (QED) is 0.381. The van der Waals surface area contributed by atoms with Crippen molar-refractivity contribution < 1.29 is 0 Å². The first-order valence-electron chi connectivity index (χ1n) is 4.34. The first kappa shape index (κ1) is 9.67. The van der Waals surface area contributed by atoms with Crippen LogP contribution in [0.3, 0.4) is 0 Å². The molecule has 0 aromatic heterocycles. The Morgan fingerprint density at radius 1 is 1.00 bits per heavy atom. The third-order valence-corrected chi connectivity index (χ3v) is 1.67. The van der Waals surface area contributed by atoms with Crippen LogP contribution in [0.5, 0.6) is 0 Å². The first-order chi connectivity index (χ1) is 4.91. The molecule has 1 nitrogen and oxygen atoms in total. The standard InChI is InChI=1S/C9H19N/c1-3-4-5-6-7-8-9-10-2/h2-9H2,1H3. The van der Waals surface area contributed by atoms with Gasteiger partial charge in [-0.05, 0) is 13.1 Å². The predicted octanol–water partition coefficient (Wildman–Crippen LogP) is 3.05. The zero-order valence-electron chi connectivity index (χ0n) is 7.10. The molecule has 0 spiro atoms. The zero-order chi connectivity index (χ0) is 7.66. The highest BCUT2D eigenvalue weighted by Crippen LogP contribution is 2.04. The van der Waals surface area contributed by atoms with Crippen LogP contribution in [-0.2, 0) is 0 Å². The lowest BCUT2D eigenvalue weighted by Crippen LogP contribution is -1.81. The molecule has 0 saturated carbocycles. The maximum absolute atomic E-state index is 3.80. The average Bonchev–Trinajstić information content (AvgIpc) is 1.97. The van der Waals surface area contributed by atoms with E-state index in [0.29, 0.717) is 0 Å². The number of rotatable bonds is 7. The van der Waals surface area contributed by atoms with Crippen molar-refractivity contribution in [1.82, 2.24) is 0 Å². The molecule has 0 heterocycles. The molecule has 0 aromatic rings. The minimum Gasteiger partial charge on any atom is -0.301 e. The summed E-state index contributed by atoms with van der Waals surface area (Å²) in [6.45, 7) is 6.64. The van der Waals surface area contributed by atoms with Gasteiger partial charge in [-0.1, -0.05) is 39.0 Å². The fourth-order valence-electron chi connectivity index (χ4n) is 1.00. The van der Waals surface area contributed by atoms with E-state index in [-0.39, 0.29) is 0 Å². The van der Waals surface area contributed by atoms with Crippen molar-refractivity contribution >= 4 is 6.72 Å². The molecule has 0 radical (unpaired) electrons. The normalized spacial score (nSPS) is 9.70. The number of unbranched alkanes of at least 4 members (excludes halogenated alkanes) is 5. The molecule has 0 aliphatic carbocycles. The topological polar surface area (TPSA) is 12.4 Å². The van der Waals surface area contributed by atoms with Crippen LogP contribution in [-0.4, -0.2) is 13.3 Å². The Labute approximate surface area is 64.6 Å². The van der Waals surface area contributed by atoms with Gasteiger partial charge in [0.1, 0.15) is 0 Å². The molecule has 0 atom stereocenters. The summed E-state index contributed by atoms with van der Waals surface area (Å²) >= 11 is 0. The van der Waals surface area contributed by atoms with Gasteiger partial charge in [0.2, 0.25) is 0 Å². The Morgan fingerprint density at radius 2 is 1.60 bits per heavy atom. The van der Waals surface area contributed by atoms with Gasteiger partial charge in [-0.3, -0.25) is 0 Å². The monoisotopic (exact) mass is 141 g/mol. The summed E-state index contributed by atoms with van der Waals surface area (Å²) in [6, 6.07) is 0. The minimum atomic E-state index is 0.951. The molecule has 0 saturated heterocycles. The molecule has 0 aliphatic rings. The Morgan fingerprint density at radius 3 is 2.20 bits per heavy atom. The van der Waals surface area contributed by atoms with E-state index in [9.17, 15) is 0 Å². The third kappa shape index (κ3) is 7.67. The Kier molecular flexibility index (Phi) is 8.38. The summed E-state index contributed by atoms with van der Waals surface area (Å²) in [5, 5.41) is 0. The van der Waals surface area contributed by atoms with E-state index >= 15 is 0 Å². The Balaban J connectivity index is 2.70. The summed E-state index contributed by atoms with van der Waals surface area (Å²) < 4.78 is 0. The van der Waals surface area contributed by atoms with Crippen LogP contribution in [0.15, 0.2) is 4.99 Å². The van der Waals surface area contributed by atoms with Crippen LogP contribution >= 0.6 is 0 Å². The van der Waals surface area contributed by atoms with E-state index in [2.05, 4.69) is 18.6 Å². The second-order valence-corrected chi connectivity index (χ2v) is 2.71. The first-order valence-corrected chi connectivity index (χ1v) is 4.34. The van der Waals surface area contributed by atoms with Crippen molar-refractivity contribution in [1.29, 1.82) is 0 Å². The van der Waals surface area contributed by atoms with Gasteiger partial charge in [0.15, 0.2) is 0 Å². The van der Waals surface area contributed by atoms with Gasteiger partial charge in [0.05, 0.1) is 0 Å².